The normalized spacial score (nSPS) is 13.0. The second-order valence-electron chi connectivity index (χ2n) is 5.29. The lowest BCUT2D eigenvalue weighted by Crippen LogP contribution is -2.39. The molecule has 2 aromatic rings. The van der Waals surface area contributed by atoms with Gasteiger partial charge in [0.25, 0.3) is 0 Å². The van der Waals surface area contributed by atoms with Crippen molar-refractivity contribution in [2.45, 2.75) is 19.9 Å². The molecule has 0 bridgehead atoms. The van der Waals surface area contributed by atoms with Crippen LogP contribution in [0, 0.1) is 11.7 Å². The van der Waals surface area contributed by atoms with E-state index in [0.717, 1.165) is 13.0 Å². The van der Waals surface area contributed by atoms with Gasteiger partial charge in [-0.1, -0.05) is 31.2 Å². The molecular formula is C17H22FN3S. The van der Waals surface area contributed by atoms with Gasteiger partial charge in [0.1, 0.15) is 5.82 Å². The Hall–Kier alpha value is -1.88. The van der Waals surface area contributed by atoms with Crippen molar-refractivity contribution in [3.05, 3.63) is 58.0 Å². The van der Waals surface area contributed by atoms with Crippen molar-refractivity contribution in [1.82, 2.24) is 10.6 Å². The highest BCUT2D eigenvalue weighted by molar-refractivity contribution is 7.09. The number of halogens is 1. The largest absolute Gasteiger partial charge is 0.356 e. The molecule has 118 valence electrons. The third-order valence-electron chi connectivity index (χ3n) is 3.38. The molecule has 1 aromatic heterocycles. The number of aliphatic imine (C=N–C) groups is 1. The molecule has 0 radical (unpaired) electrons. The van der Waals surface area contributed by atoms with Crippen molar-refractivity contribution in [2.24, 2.45) is 10.9 Å². The summed E-state index contributed by atoms with van der Waals surface area (Å²) in [6.07, 6.45) is 1.05. The van der Waals surface area contributed by atoms with Gasteiger partial charge in [-0.05, 0) is 29.9 Å². The van der Waals surface area contributed by atoms with Crippen LogP contribution in [-0.2, 0) is 13.0 Å². The number of nitrogens with zero attached hydrogens (tertiary/aromatic N) is 1. The number of rotatable bonds is 6. The molecule has 2 rings (SSSR count). The van der Waals surface area contributed by atoms with Crippen LogP contribution in [0.15, 0.2) is 46.8 Å². The minimum atomic E-state index is -0.198. The molecule has 0 aliphatic carbocycles. The van der Waals surface area contributed by atoms with Gasteiger partial charge in [-0.2, -0.15) is 0 Å². The fraction of sp³-hybridized carbons (Fsp3) is 0.353. The zero-order valence-electron chi connectivity index (χ0n) is 13.0. The lowest BCUT2D eigenvalue weighted by atomic mass is 10.1. The van der Waals surface area contributed by atoms with Crippen LogP contribution < -0.4 is 10.6 Å². The maximum atomic E-state index is 13.6. The molecule has 5 heteroatoms. The summed E-state index contributed by atoms with van der Waals surface area (Å²) in [5.41, 5.74) is 0.636. The Morgan fingerprint density at radius 3 is 2.73 bits per heavy atom. The molecule has 2 N–H and O–H groups in total. The average Bonchev–Trinajstić information content (AvgIpc) is 3.02. The Kier molecular flexibility index (Phi) is 6.40. The summed E-state index contributed by atoms with van der Waals surface area (Å²) < 4.78 is 13.6. The molecular weight excluding hydrogens is 297 g/mol. The van der Waals surface area contributed by atoms with Crippen molar-refractivity contribution < 1.29 is 4.39 Å². The topological polar surface area (TPSA) is 36.4 Å². The first-order valence-electron chi connectivity index (χ1n) is 7.39. The highest BCUT2D eigenvalue weighted by Gasteiger charge is 2.07. The van der Waals surface area contributed by atoms with Crippen molar-refractivity contribution in [1.29, 1.82) is 0 Å². The first kappa shape index (κ1) is 16.5. The minimum Gasteiger partial charge on any atom is -0.356 e. The SMILES string of the molecule is CN=C(NCc1ccccc1F)NCC(C)Cc1cccs1. The smallest absolute Gasteiger partial charge is 0.191 e. The standard InChI is InChI=1S/C17H22FN3S/c1-13(10-15-7-5-9-22-15)11-20-17(19-2)21-12-14-6-3-4-8-16(14)18/h3-9,13H,10-12H2,1-2H3,(H2,19,20,21). The molecule has 0 spiro atoms. The predicted molar refractivity (Wildman–Crippen MR) is 91.8 cm³/mol. The monoisotopic (exact) mass is 319 g/mol. The minimum absolute atomic E-state index is 0.198. The summed E-state index contributed by atoms with van der Waals surface area (Å²) in [7, 11) is 1.72. The second kappa shape index (κ2) is 8.54. The molecule has 0 aliphatic rings. The molecule has 0 saturated carbocycles. The van der Waals surface area contributed by atoms with Gasteiger partial charge in [-0.15, -0.1) is 11.3 Å². The van der Waals surface area contributed by atoms with Crippen LogP contribution in [-0.4, -0.2) is 19.6 Å². The van der Waals surface area contributed by atoms with E-state index in [0.29, 0.717) is 24.0 Å². The summed E-state index contributed by atoms with van der Waals surface area (Å²) in [6.45, 7) is 3.46. The zero-order chi connectivity index (χ0) is 15.8. The van der Waals surface area contributed by atoms with Gasteiger partial charge >= 0.3 is 0 Å². The molecule has 1 heterocycles. The van der Waals surface area contributed by atoms with Crippen molar-refractivity contribution >= 4 is 17.3 Å². The lowest BCUT2D eigenvalue weighted by molar-refractivity contribution is 0.560. The van der Waals surface area contributed by atoms with Crippen LogP contribution in [0.2, 0.25) is 0 Å². The van der Waals surface area contributed by atoms with Gasteiger partial charge in [0, 0.05) is 30.6 Å². The van der Waals surface area contributed by atoms with E-state index in [9.17, 15) is 4.39 Å². The number of hydrogen-bond acceptors (Lipinski definition) is 2. The molecule has 0 amide bonds. The molecule has 22 heavy (non-hydrogen) atoms. The number of hydrogen-bond donors (Lipinski definition) is 2. The molecule has 0 fully saturated rings. The molecule has 3 nitrogen and oxygen atoms in total. The Morgan fingerprint density at radius 2 is 2.05 bits per heavy atom. The van der Waals surface area contributed by atoms with E-state index in [1.165, 1.54) is 10.9 Å². The highest BCUT2D eigenvalue weighted by atomic mass is 32.1. The maximum Gasteiger partial charge on any atom is 0.191 e. The van der Waals surface area contributed by atoms with E-state index >= 15 is 0 Å². The fourth-order valence-corrected chi connectivity index (χ4v) is 3.03. The fourth-order valence-electron chi connectivity index (χ4n) is 2.16. The van der Waals surface area contributed by atoms with Crippen LogP contribution in [0.5, 0.6) is 0 Å². The van der Waals surface area contributed by atoms with E-state index in [-0.39, 0.29) is 5.82 Å². The number of nitrogens with one attached hydrogen (secondary N) is 2. The Bertz CT molecular complexity index is 596. The van der Waals surface area contributed by atoms with Crippen LogP contribution in [0.3, 0.4) is 0 Å². The Balaban J connectivity index is 1.76. The van der Waals surface area contributed by atoms with E-state index < -0.39 is 0 Å². The Morgan fingerprint density at radius 1 is 1.23 bits per heavy atom. The molecule has 1 aromatic carbocycles. The summed E-state index contributed by atoms with van der Waals surface area (Å²) in [5.74, 6) is 1.00. The Labute approximate surface area is 135 Å². The van der Waals surface area contributed by atoms with E-state index in [1.807, 2.05) is 6.07 Å². The van der Waals surface area contributed by atoms with Gasteiger partial charge in [-0.3, -0.25) is 4.99 Å². The molecule has 0 saturated heterocycles. The van der Waals surface area contributed by atoms with E-state index in [1.54, 1.807) is 30.5 Å². The van der Waals surface area contributed by atoms with Crippen molar-refractivity contribution in [3.63, 3.8) is 0 Å². The number of benzene rings is 1. The van der Waals surface area contributed by atoms with E-state index in [4.69, 9.17) is 0 Å². The molecule has 0 aliphatic heterocycles. The average molecular weight is 319 g/mol. The summed E-state index contributed by atoms with van der Waals surface area (Å²) in [5, 5.41) is 8.54. The number of thiophene rings is 1. The van der Waals surface area contributed by atoms with E-state index in [2.05, 4.69) is 40.1 Å². The van der Waals surface area contributed by atoms with Gasteiger partial charge in [0.15, 0.2) is 5.96 Å². The van der Waals surface area contributed by atoms with Gasteiger partial charge in [-0.25, -0.2) is 4.39 Å². The van der Waals surface area contributed by atoms with Crippen LogP contribution in [0.25, 0.3) is 0 Å². The summed E-state index contributed by atoms with van der Waals surface area (Å²) >= 11 is 1.79. The zero-order valence-corrected chi connectivity index (χ0v) is 13.8. The summed E-state index contributed by atoms with van der Waals surface area (Å²) in [4.78, 5) is 5.57. The lowest BCUT2D eigenvalue weighted by Gasteiger charge is -2.15. The molecule has 1 unspecified atom stereocenters. The number of guanidine groups is 1. The van der Waals surface area contributed by atoms with Crippen LogP contribution in [0.4, 0.5) is 4.39 Å². The quantitative estimate of drug-likeness (QED) is 0.632. The third kappa shape index (κ3) is 5.15. The van der Waals surface area contributed by atoms with Gasteiger partial charge in [0.2, 0.25) is 0 Å². The van der Waals surface area contributed by atoms with Gasteiger partial charge < -0.3 is 10.6 Å². The summed E-state index contributed by atoms with van der Waals surface area (Å²) in [6, 6.07) is 11.0. The molecule has 1 atom stereocenters. The third-order valence-corrected chi connectivity index (χ3v) is 4.27. The first-order valence-corrected chi connectivity index (χ1v) is 8.27. The first-order chi connectivity index (χ1) is 10.7. The van der Waals surface area contributed by atoms with Gasteiger partial charge in [0.05, 0.1) is 0 Å². The van der Waals surface area contributed by atoms with Crippen molar-refractivity contribution in [3.8, 4) is 0 Å². The highest BCUT2D eigenvalue weighted by Crippen LogP contribution is 2.13. The second-order valence-corrected chi connectivity index (χ2v) is 6.32. The van der Waals surface area contributed by atoms with Crippen molar-refractivity contribution in [2.75, 3.05) is 13.6 Å². The maximum absolute atomic E-state index is 13.6. The van der Waals surface area contributed by atoms with Crippen LogP contribution in [0.1, 0.15) is 17.4 Å². The van der Waals surface area contributed by atoms with Crippen LogP contribution >= 0.6 is 11.3 Å². The predicted octanol–water partition coefficient (Wildman–Crippen LogP) is 3.43.